The standard InChI is InChI=1S/C13H20N2O3S/c1-10-7-15(8-11(2)18-10)19(16,17)9-12-4-3-5-13(14)6-12/h3-6,10-11H,7-9,14H2,1-2H3/t10-,11+. The molecular formula is C13H20N2O3S. The Hall–Kier alpha value is -1.11. The quantitative estimate of drug-likeness (QED) is 0.847. The molecule has 2 rings (SSSR count). The molecule has 5 nitrogen and oxygen atoms in total. The van der Waals surface area contributed by atoms with Crippen LogP contribution in [0.5, 0.6) is 0 Å². The van der Waals surface area contributed by atoms with Crippen LogP contribution >= 0.6 is 0 Å². The number of nitrogens with zero attached hydrogens (tertiary/aromatic N) is 1. The zero-order valence-corrected chi connectivity index (χ0v) is 12.1. The third-order valence-corrected chi connectivity index (χ3v) is 4.86. The fourth-order valence-corrected chi connectivity index (χ4v) is 4.00. The van der Waals surface area contributed by atoms with E-state index < -0.39 is 10.0 Å². The largest absolute Gasteiger partial charge is 0.399 e. The van der Waals surface area contributed by atoms with Gasteiger partial charge in [-0.25, -0.2) is 8.42 Å². The molecule has 1 aliphatic rings. The van der Waals surface area contributed by atoms with Crippen LogP contribution in [0.25, 0.3) is 0 Å². The van der Waals surface area contributed by atoms with Crippen LogP contribution in [0.2, 0.25) is 0 Å². The molecule has 0 radical (unpaired) electrons. The summed E-state index contributed by atoms with van der Waals surface area (Å²) in [6, 6.07) is 6.99. The second-order valence-electron chi connectivity index (χ2n) is 5.08. The van der Waals surface area contributed by atoms with Gasteiger partial charge < -0.3 is 10.5 Å². The van der Waals surface area contributed by atoms with Crippen molar-refractivity contribution in [2.24, 2.45) is 0 Å². The first kappa shape index (κ1) is 14.3. The van der Waals surface area contributed by atoms with Gasteiger partial charge in [-0.15, -0.1) is 0 Å². The number of nitrogens with two attached hydrogens (primary N) is 1. The van der Waals surface area contributed by atoms with Crippen molar-refractivity contribution in [2.45, 2.75) is 31.8 Å². The minimum Gasteiger partial charge on any atom is -0.399 e. The van der Waals surface area contributed by atoms with Gasteiger partial charge >= 0.3 is 0 Å². The molecule has 1 aromatic carbocycles. The lowest BCUT2D eigenvalue weighted by Gasteiger charge is -2.34. The number of morpholine rings is 1. The van der Waals surface area contributed by atoms with Crippen molar-refractivity contribution in [3.05, 3.63) is 29.8 Å². The summed E-state index contributed by atoms with van der Waals surface area (Å²) < 4.78 is 31.8. The number of rotatable bonds is 3. The topological polar surface area (TPSA) is 72.6 Å². The predicted molar refractivity (Wildman–Crippen MR) is 75.1 cm³/mol. The van der Waals surface area contributed by atoms with E-state index in [9.17, 15) is 8.42 Å². The van der Waals surface area contributed by atoms with E-state index >= 15 is 0 Å². The number of benzene rings is 1. The number of hydrogen-bond acceptors (Lipinski definition) is 4. The summed E-state index contributed by atoms with van der Waals surface area (Å²) in [5.74, 6) is -0.0164. The molecule has 0 spiro atoms. The van der Waals surface area contributed by atoms with E-state index in [0.29, 0.717) is 24.3 Å². The van der Waals surface area contributed by atoms with Gasteiger partial charge in [0.2, 0.25) is 10.0 Å². The number of sulfonamides is 1. The minimum absolute atomic E-state index is 0.0164. The average Bonchev–Trinajstić information content (AvgIpc) is 2.26. The summed E-state index contributed by atoms with van der Waals surface area (Å²) in [5.41, 5.74) is 6.97. The highest BCUT2D eigenvalue weighted by molar-refractivity contribution is 7.88. The summed E-state index contributed by atoms with van der Waals surface area (Å²) >= 11 is 0. The number of anilines is 1. The maximum atomic E-state index is 12.4. The van der Waals surface area contributed by atoms with Gasteiger partial charge in [0.25, 0.3) is 0 Å². The molecule has 19 heavy (non-hydrogen) atoms. The Kier molecular flexibility index (Phi) is 4.13. The van der Waals surface area contributed by atoms with Crippen LogP contribution in [-0.4, -0.2) is 38.0 Å². The zero-order valence-electron chi connectivity index (χ0n) is 11.2. The molecule has 0 bridgehead atoms. The van der Waals surface area contributed by atoms with Crippen molar-refractivity contribution >= 4 is 15.7 Å². The lowest BCUT2D eigenvalue weighted by molar-refractivity contribution is -0.0441. The van der Waals surface area contributed by atoms with Gasteiger partial charge in [0.1, 0.15) is 0 Å². The molecule has 0 saturated carbocycles. The monoisotopic (exact) mass is 284 g/mol. The van der Waals surface area contributed by atoms with Crippen molar-refractivity contribution in [1.82, 2.24) is 4.31 Å². The smallest absolute Gasteiger partial charge is 0.218 e. The Morgan fingerprint density at radius 1 is 1.32 bits per heavy atom. The van der Waals surface area contributed by atoms with Gasteiger partial charge in [-0.2, -0.15) is 4.31 Å². The van der Waals surface area contributed by atoms with Crippen LogP contribution in [0.1, 0.15) is 19.4 Å². The Labute approximate surface area is 114 Å². The van der Waals surface area contributed by atoms with Crippen molar-refractivity contribution in [1.29, 1.82) is 0 Å². The van der Waals surface area contributed by atoms with Crippen LogP contribution in [0.15, 0.2) is 24.3 Å². The summed E-state index contributed by atoms with van der Waals surface area (Å²) in [7, 11) is -3.32. The number of hydrogen-bond donors (Lipinski definition) is 1. The lowest BCUT2D eigenvalue weighted by atomic mass is 10.2. The first-order valence-corrected chi connectivity index (χ1v) is 7.95. The molecule has 0 amide bonds. The molecule has 1 aliphatic heterocycles. The lowest BCUT2D eigenvalue weighted by Crippen LogP contribution is -2.48. The van der Waals surface area contributed by atoms with E-state index in [1.165, 1.54) is 4.31 Å². The normalized spacial score (nSPS) is 25.4. The molecule has 0 aliphatic carbocycles. The third-order valence-electron chi connectivity index (χ3n) is 3.08. The van der Waals surface area contributed by atoms with E-state index in [0.717, 1.165) is 0 Å². The summed E-state index contributed by atoms with van der Waals surface area (Å²) in [6.07, 6.45) is -0.140. The molecular weight excluding hydrogens is 264 g/mol. The van der Waals surface area contributed by atoms with Crippen LogP contribution in [0.3, 0.4) is 0 Å². The summed E-state index contributed by atoms with van der Waals surface area (Å²) in [6.45, 7) is 4.60. The number of ether oxygens (including phenoxy) is 1. The Morgan fingerprint density at radius 2 is 1.95 bits per heavy atom. The maximum absolute atomic E-state index is 12.4. The Balaban J connectivity index is 2.14. The average molecular weight is 284 g/mol. The third kappa shape index (κ3) is 3.68. The fourth-order valence-electron chi connectivity index (χ4n) is 2.34. The second-order valence-corrected chi connectivity index (χ2v) is 7.04. The highest BCUT2D eigenvalue weighted by Crippen LogP contribution is 2.18. The molecule has 6 heteroatoms. The highest BCUT2D eigenvalue weighted by Gasteiger charge is 2.30. The van der Waals surface area contributed by atoms with E-state index in [1.807, 2.05) is 13.8 Å². The Morgan fingerprint density at radius 3 is 2.53 bits per heavy atom. The molecule has 1 saturated heterocycles. The molecule has 0 aromatic heterocycles. The highest BCUT2D eigenvalue weighted by atomic mass is 32.2. The maximum Gasteiger partial charge on any atom is 0.218 e. The van der Waals surface area contributed by atoms with Crippen LogP contribution in [-0.2, 0) is 20.5 Å². The van der Waals surface area contributed by atoms with Gasteiger partial charge in [-0.1, -0.05) is 12.1 Å². The first-order valence-electron chi connectivity index (χ1n) is 6.34. The van der Waals surface area contributed by atoms with E-state index in [-0.39, 0.29) is 18.0 Å². The first-order chi connectivity index (χ1) is 8.87. The predicted octanol–water partition coefficient (Wildman–Crippen LogP) is 1.21. The van der Waals surface area contributed by atoms with Crippen LogP contribution < -0.4 is 5.73 Å². The van der Waals surface area contributed by atoms with Crippen molar-refractivity contribution in [3.8, 4) is 0 Å². The fraction of sp³-hybridized carbons (Fsp3) is 0.538. The molecule has 2 atom stereocenters. The van der Waals surface area contributed by atoms with Gasteiger partial charge in [-0.05, 0) is 31.5 Å². The molecule has 2 N–H and O–H groups in total. The van der Waals surface area contributed by atoms with Gasteiger partial charge in [-0.3, -0.25) is 0 Å². The second kappa shape index (κ2) is 5.48. The molecule has 1 heterocycles. The minimum atomic E-state index is -3.32. The number of nitrogen functional groups attached to an aromatic ring is 1. The van der Waals surface area contributed by atoms with Gasteiger partial charge in [0.15, 0.2) is 0 Å². The van der Waals surface area contributed by atoms with E-state index in [2.05, 4.69) is 0 Å². The Bertz CT molecular complexity index is 535. The van der Waals surface area contributed by atoms with E-state index in [4.69, 9.17) is 10.5 Å². The molecule has 1 fully saturated rings. The van der Waals surface area contributed by atoms with E-state index in [1.54, 1.807) is 24.3 Å². The molecule has 0 unspecified atom stereocenters. The van der Waals surface area contributed by atoms with Crippen LogP contribution in [0.4, 0.5) is 5.69 Å². The van der Waals surface area contributed by atoms with Crippen molar-refractivity contribution in [3.63, 3.8) is 0 Å². The summed E-state index contributed by atoms with van der Waals surface area (Å²) in [5, 5.41) is 0. The van der Waals surface area contributed by atoms with Crippen molar-refractivity contribution in [2.75, 3.05) is 18.8 Å². The van der Waals surface area contributed by atoms with Gasteiger partial charge in [0, 0.05) is 18.8 Å². The SMILES string of the molecule is C[C@@H]1CN(S(=O)(=O)Cc2cccc(N)c2)C[C@H](C)O1. The zero-order chi connectivity index (χ0) is 14.0. The van der Waals surface area contributed by atoms with Gasteiger partial charge in [0.05, 0.1) is 18.0 Å². The van der Waals surface area contributed by atoms with Crippen molar-refractivity contribution < 1.29 is 13.2 Å². The summed E-state index contributed by atoms with van der Waals surface area (Å²) in [4.78, 5) is 0. The molecule has 1 aromatic rings. The van der Waals surface area contributed by atoms with Crippen LogP contribution in [0, 0.1) is 0 Å². The molecule has 106 valence electrons.